The Hall–Kier alpha value is -3.98. The second kappa shape index (κ2) is 8.51. The first-order valence-corrected chi connectivity index (χ1v) is 11.2. The highest BCUT2D eigenvalue weighted by Gasteiger charge is 2.37. The Morgan fingerprint density at radius 1 is 1.00 bits per heavy atom. The third-order valence-corrected chi connectivity index (χ3v) is 6.51. The first-order chi connectivity index (χ1) is 16.0. The largest absolute Gasteiger partial charge is 0.295 e. The molecule has 1 aliphatic heterocycles. The second-order valence-electron chi connectivity index (χ2n) is 7.43. The summed E-state index contributed by atoms with van der Waals surface area (Å²) in [5, 5.41) is 15.6. The lowest BCUT2D eigenvalue weighted by molar-refractivity contribution is -0.384. The van der Waals surface area contributed by atoms with Crippen LogP contribution in [0.1, 0.15) is 10.9 Å². The Labute approximate surface area is 192 Å². The average molecular weight is 460 g/mol. The average Bonchev–Trinajstić information content (AvgIpc) is 3.43. The molecule has 1 amide bonds. The predicted molar refractivity (Wildman–Crippen MR) is 125 cm³/mol. The van der Waals surface area contributed by atoms with Crippen molar-refractivity contribution in [3.05, 3.63) is 107 Å². The molecule has 33 heavy (non-hydrogen) atoms. The zero-order valence-electron chi connectivity index (χ0n) is 17.2. The molecule has 164 valence electrons. The number of non-ortho nitro benzene ring substituents is 1. The molecule has 1 aliphatic rings. The van der Waals surface area contributed by atoms with Crippen LogP contribution in [0.3, 0.4) is 0 Å². The maximum atomic E-state index is 13.9. The zero-order chi connectivity index (χ0) is 22.9. The highest BCUT2D eigenvalue weighted by atomic mass is 32.2. The Bertz CT molecular complexity index is 1360. The maximum Gasteiger partial charge on any atom is 0.270 e. The van der Waals surface area contributed by atoms with E-state index in [0.717, 1.165) is 5.69 Å². The number of hydrogen-bond acceptors (Lipinski definition) is 5. The first-order valence-electron chi connectivity index (χ1n) is 10.1. The summed E-state index contributed by atoms with van der Waals surface area (Å²) in [5.41, 5.74) is 3.00. The van der Waals surface area contributed by atoms with Crippen LogP contribution in [0.5, 0.6) is 0 Å². The van der Waals surface area contributed by atoms with Gasteiger partial charge in [-0.3, -0.25) is 19.8 Å². The van der Waals surface area contributed by atoms with Crippen LogP contribution in [0.25, 0.3) is 16.9 Å². The number of nitrogens with zero attached hydrogens (tertiary/aromatic N) is 4. The van der Waals surface area contributed by atoms with Crippen molar-refractivity contribution in [3.63, 3.8) is 0 Å². The molecule has 0 saturated carbocycles. The number of amides is 1. The summed E-state index contributed by atoms with van der Waals surface area (Å²) in [6, 6.07) is 21.6. The Kier molecular flexibility index (Phi) is 5.39. The summed E-state index contributed by atoms with van der Waals surface area (Å²) >= 11 is 1.41. The van der Waals surface area contributed by atoms with Crippen LogP contribution in [0.2, 0.25) is 0 Å². The summed E-state index contributed by atoms with van der Waals surface area (Å²) in [7, 11) is 0. The van der Waals surface area contributed by atoms with E-state index in [9.17, 15) is 19.3 Å². The minimum absolute atomic E-state index is 0.0511. The molecule has 0 radical (unpaired) electrons. The molecule has 3 aromatic carbocycles. The first kappa shape index (κ1) is 20.9. The lowest BCUT2D eigenvalue weighted by atomic mass is 10.1. The van der Waals surface area contributed by atoms with E-state index >= 15 is 0 Å². The van der Waals surface area contributed by atoms with E-state index < -0.39 is 16.1 Å². The number of nitro groups is 1. The van der Waals surface area contributed by atoms with E-state index in [1.165, 1.54) is 36.0 Å². The molecule has 5 rings (SSSR count). The Balaban J connectivity index is 1.67. The van der Waals surface area contributed by atoms with Crippen molar-refractivity contribution in [2.24, 2.45) is 0 Å². The number of benzene rings is 3. The minimum atomic E-state index is -0.467. The van der Waals surface area contributed by atoms with Gasteiger partial charge in [0.1, 0.15) is 11.2 Å². The number of halogens is 1. The topological polar surface area (TPSA) is 81.3 Å². The SMILES string of the molecule is O=C1CSC(c2cn(-c3ccccc3)nc2-c2cccc([N+](=O)[O-])c2)N1c1cccc(F)c1. The molecule has 1 fully saturated rings. The lowest BCUT2D eigenvalue weighted by Gasteiger charge is -2.24. The molecule has 0 N–H and O–H groups in total. The van der Waals surface area contributed by atoms with E-state index in [1.54, 1.807) is 33.8 Å². The molecule has 9 heteroatoms. The fourth-order valence-electron chi connectivity index (χ4n) is 3.83. The van der Waals surface area contributed by atoms with Gasteiger partial charge in [-0.1, -0.05) is 36.4 Å². The highest BCUT2D eigenvalue weighted by molar-refractivity contribution is 8.00. The Morgan fingerprint density at radius 2 is 1.76 bits per heavy atom. The van der Waals surface area contributed by atoms with Crippen LogP contribution in [-0.4, -0.2) is 26.4 Å². The normalized spacial score (nSPS) is 15.7. The van der Waals surface area contributed by atoms with Crippen molar-refractivity contribution in [3.8, 4) is 16.9 Å². The van der Waals surface area contributed by atoms with Crippen molar-refractivity contribution < 1.29 is 14.1 Å². The fraction of sp³-hybridized carbons (Fsp3) is 0.0833. The van der Waals surface area contributed by atoms with Gasteiger partial charge < -0.3 is 0 Å². The van der Waals surface area contributed by atoms with Gasteiger partial charge in [-0.05, 0) is 30.3 Å². The van der Waals surface area contributed by atoms with Crippen molar-refractivity contribution in [2.75, 3.05) is 10.7 Å². The molecule has 0 aliphatic carbocycles. The van der Waals surface area contributed by atoms with Gasteiger partial charge in [0, 0.05) is 35.1 Å². The lowest BCUT2D eigenvalue weighted by Crippen LogP contribution is -2.28. The molecule has 1 aromatic heterocycles. The van der Waals surface area contributed by atoms with Gasteiger partial charge in [-0.25, -0.2) is 9.07 Å². The van der Waals surface area contributed by atoms with Gasteiger partial charge in [0.15, 0.2) is 0 Å². The molecule has 0 bridgehead atoms. The quantitative estimate of drug-likeness (QED) is 0.296. The molecule has 2 heterocycles. The van der Waals surface area contributed by atoms with Crippen LogP contribution in [0, 0.1) is 15.9 Å². The van der Waals surface area contributed by atoms with E-state index in [-0.39, 0.29) is 17.3 Å². The molecule has 0 spiro atoms. The number of anilines is 1. The van der Waals surface area contributed by atoms with Gasteiger partial charge in [0.25, 0.3) is 5.69 Å². The number of aromatic nitrogens is 2. The maximum absolute atomic E-state index is 13.9. The smallest absolute Gasteiger partial charge is 0.270 e. The van der Waals surface area contributed by atoms with Crippen LogP contribution in [-0.2, 0) is 4.79 Å². The van der Waals surface area contributed by atoms with E-state index in [4.69, 9.17) is 5.10 Å². The molecular formula is C24H17FN4O3S. The van der Waals surface area contributed by atoms with E-state index in [1.807, 2.05) is 36.5 Å². The van der Waals surface area contributed by atoms with Gasteiger partial charge in [0.05, 0.1) is 22.1 Å². The molecule has 4 aromatic rings. The van der Waals surface area contributed by atoms with Gasteiger partial charge >= 0.3 is 0 Å². The van der Waals surface area contributed by atoms with Crippen molar-refractivity contribution >= 4 is 29.0 Å². The summed E-state index contributed by atoms with van der Waals surface area (Å²) in [5.74, 6) is -0.352. The summed E-state index contributed by atoms with van der Waals surface area (Å²) < 4.78 is 15.6. The second-order valence-corrected chi connectivity index (χ2v) is 8.50. The van der Waals surface area contributed by atoms with Gasteiger partial charge in [-0.2, -0.15) is 5.10 Å². The predicted octanol–water partition coefficient (Wildman–Crippen LogP) is 5.37. The number of carbonyl (C=O) groups excluding carboxylic acids is 1. The summed E-state index contributed by atoms with van der Waals surface area (Å²) in [6.45, 7) is 0. The number of nitro benzene ring substituents is 1. The molecule has 1 atom stereocenters. The van der Waals surface area contributed by atoms with Crippen LogP contribution < -0.4 is 4.90 Å². The third-order valence-electron chi connectivity index (χ3n) is 5.31. The number of hydrogen-bond donors (Lipinski definition) is 0. The van der Waals surface area contributed by atoms with E-state index in [2.05, 4.69) is 0 Å². The van der Waals surface area contributed by atoms with Gasteiger partial charge in [0.2, 0.25) is 5.91 Å². The molecule has 7 nitrogen and oxygen atoms in total. The number of carbonyl (C=O) groups is 1. The van der Waals surface area contributed by atoms with Crippen molar-refractivity contribution in [1.82, 2.24) is 9.78 Å². The molecule has 1 unspecified atom stereocenters. The van der Waals surface area contributed by atoms with Crippen molar-refractivity contribution in [1.29, 1.82) is 0 Å². The van der Waals surface area contributed by atoms with Crippen LogP contribution in [0.15, 0.2) is 85.1 Å². The zero-order valence-corrected chi connectivity index (χ0v) is 18.0. The number of rotatable bonds is 5. The van der Waals surface area contributed by atoms with Crippen LogP contribution in [0.4, 0.5) is 15.8 Å². The molecular weight excluding hydrogens is 443 g/mol. The van der Waals surface area contributed by atoms with Crippen molar-refractivity contribution in [2.45, 2.75) is 5.37 Å². The molecule has 1 saturated heterocycles. The highest BCUT2D eigenvalue weighted by Crippen LogP contribution is 2.45. The van der Waals surface area contributed by atoms with Gasteiger partial charge in [-0.15, -0.1) is 11.8 Å². The monoisotopic (exact) mass is 460 g/mol. The van der Waals surface area contributed by atoms with E-state index in [0.29, 0.717) is 22.5 Å². The number of para-hydroxylation sites is 1. The fourth-order valence-corrected chi connectivity index (χ4v) is 5.01. The Morgan fingerprint density at radius 3 is 2.52 bits per heavy atom. The summed E-state index contributed by atoms with van der Waals surface area (Å²) in [4.78, 5) is 25.3. The third kappa shape index (κ3) is 3.98. The van der Waals surface area contributed by atoms with Crippen LogP contribution >= 0.6 is 11.8 Å². The summed E-state index contributed by atoms with van der Waals surface area (Å²) in [6.07, 6.45) is 1.83. The minimum Gasteiger partial charge on any atom is -0.295 e. The standard InChI is InChI=1S/C24H17FN4O3S/c25-17-7-5-10-19(13-17)28-22(30)15-33-24(28)21-14-27(18-8-2-1-3-9-18)26-23(21)16-6-4-11-20(12-16)29(31)32/h1-14,24H,15H2. The number of thioether (sulfide) groups is 1.